The normalized spacial score (nSPS) is 11.3. The molecule has 2 amide bonds. The zero-order valence-electron chi connectivity index (χ0n) is 17.6. The molecule has 0 aliphatic rings. The first-order valence-corrected chi connectivity index (χ1v) is 9.85. The molecule has 0 radical (unpaired) electrons. The Kier molecular flexibility index (Phi) is 6.32. The van der Waals surface area contributed by atoms with Gasteiger partial charge in [0.2, 0.25) is 0 Å². The first-order chi connectivity index (χ1) is 13.8. The quantitative estimate of drug-likeness (QED) is 0.657. The van der Waals surface area contributed by atoms with Gasteiger partial charge in [-0.25, -0.2) is 4.79 Å². The summed E-state index contributed by atoms with van der Waals surface area (Å²) < 4.78 is 0. The minimum atomic E-state index is -0.135. The first kappa shape index (κ1) is 20.6. The second-order valence-corrected chi connectivity index (χ2v) is 8.30. The summed E-state index contributed by atoms with van der Waals surface area (Å²) in [5.74, 6) is 0. The number of nitrogens with one attached hydrogen (secondary N) is 2. The minimum absolute atomic E-state index is 0.0328. The molecule has 152 valence electrons. The molecule has 0 fully saturated rings. The molecule has 3 aromatic rings. The summed E-state index contributed by atoms with van der Waals surface area (Å²) in [4.78, 5) is 19.3. The molecule has 0 bridgehead atoms. The summed E-state index contributed by atoms with van der Waals surface area (Å²) in [7, 11) is 0. The Labute approximate surface area is 172 Å². The van der Waals surface area contributed by atoms with Crippen LogP contribution in [0.4, 0.5) is 4.79 Å². The molecular formula is C23H29N5O. The van der Waals surface area contributed by atoms with Crippen molar-refractivity contribution in [2.45, 2.75) is 52.7 Å². The fraction of sp³-hybridized carbons (Fsp3) is 0.348. The average molecular weight is 392 g/mol. The third kappa shape index (κ3) is 5.91. The monoisotopic (exact) mass is 391 g/mol. The zero-order chi connectivity index (χ0) is 20.9. The van der Waals surface area contributed by atoms with E-state index in [9.17, 15) is 4.79 Å². The Balaban J connectivity index is 1.70. The number of aryl methyl sites for hydroxylation is 1. The van der Waals surface area contributed by atoms with E-state index in [2.05, 4.69) is 41.3 Å². The maximum absolute atomic E-state index is 13.0. The molecule has 0 saturated carbocycles. The van der Waals surface area contributed by atoms with Gasteiger partial charge in [0.15, 0.2) is 0 Å². The number of hydrogen-bond acceptors (Lipinski definition) is 3. The molecule has 29 heavy (non-hydrogen) atoms. The molecular weight excluding hydrogens is 362 g/mol. The average Bonchev–Trinajstić information content (AvgIpc) is 3.16. The van der Waals surface area contributed by atoms with Gasteiger partial charge in [-0.1, -0.05) is 57.2 Å². The van der Waals surface area contributed by atoms with Crippen LogP contribution >= 0.6 is 0 Å². The lowest BCUT2D eigenvalue weighted by molar-refractivity contribution is 0.191. The Morgan fingerprint density at radius 2 is 1.83 bits per heavy atom. The smallest absolute Gasteiger partial charge is 0.318 e. The van der Waals surface area contributed by atoms with Gasteiger partial charge in [0.25, 0.3) is 0 Å². The van der Waals surface area contributed by atoms with Crippen molar-refractivity contribution < 1.29 is 4.79 Å². The maximum Gasteiger partial charge on any atom is 0.318 e. The number of urea groups is 1. The number of H-pyrrole nitrogens is 1. The van der Waals surface area contributed by atoms with E-state index in [1.165, 1.54) is 0 Å². The Morgan fingerprint density at radius 1 is 1.07 bits per heavy atom. The number of pyridine rings is 1. The van der Waals surface area contributed by atoms with Crippen LogP contribution in [0.25, 0.3) is 0 Å². The fourth-order valence-corrected chi connectivity index (χ4v) is 3.01. The summed E-state index contributed by atoms with van der Waals surface area (Å²) in [6.45, 7) is 9.65. The fourth-order valence-electron chi connectivity index (χ4n) is 3.01. The van der Waals surface area contributed by atoms with Crippen LogP contribution in [0.1, 0.15) is 49.1 Å². The molecule has 0 unspecified atom stereocenters. The second kappa shape index (κ2) is 8.90. The van der Waals surface area contributed by atoms with Gasteiger partial charge >= 0.3 is 6.03 Å². The third-order valence-electron chi connectivity index (χ3n) is 4.63. The summed E-state index contributed by atoms with van der Waals surface area (Å²) in [5.41, 5.74) is 4.72. The van der Waals surface area contributed by atoms with Gasteiger partial charge in [-0.15, -0.1) is 0 Å². The van der Waals surface area contributed by atoms with E-state index in [1.54, 1.807) is 4.90 Å². The first-order valence-electron chi connectivity index (χ1n) is 9.85. The van der Waals surface area contributed by atoms with Gasteiger partial charge < -0.3 is 10.2 Å². The molecule has 2 N–H and O–H groups in total. The van der Waals surface area contributed by atoms with E-state index < -0.39 is 0 Å². The van der Waals surface area contributed by atoms with Crippen LogP contribution in [0, 0.1) is 6.92 Å². The van der Waals surface area contributed by atoms with Gasteiger partial charge in [-0.05, 0) is 30.7 Å². The van der Waals surface area contributed by atoms with E-state index in [4.69, 9.17) is 0 Å². The Bertz CT molecular complexity index is 943. The SMILES string of the molecule is Cc1cccc(CN(Cc2ccccc2)C(=O)NCc2cc(C(C)(C)C)n[nH]2)n1. The molecule has 0 saturated heterocycles. The zero-order valence-corrected chi connectivity index (χ0v) is 17.6. The molecule has 2 heterocycles. The standard InChI is InChI=1S/C23H29N5O/c1-17-9-8-12-19(25-17)16-28(15-18-10-6-5-7-11-18)22(29)24-14-20-13-21(27-26-20)23(2,3)4/h5-13H,14-16H2,1-4H3,(H,24,29)(H,26,27). The number of amides is 2. The Hall–Kier alpha value is -3.15. The van der Waals surface area contributed by atoms with Gasteiger partial charge in [0.05, 0.1) is 30.2 Å². The van der Waals surface area contributed by atoms with Crippen molar-refractivity contribution in [1.82, 2.24) is 25.4 Å². The highest BCUT2D eigenvalue weighted by Gasteiger charge is 2.19. The highest BCUT2D eigenvalue weighted by Crippen LogP contribution is 2.20. The molecule has 2 aromatic heterocycles. The molecule has 0 spiro atoms. The number of aromatic amines is 1. The van der Waals surface area contributed by atoms with Crippen molar-refractivity contribution >= 4 is 6.03 Å². The number of carbonyl (C=O) groups excluding carboxylic acids is 1. The Morgan fingerprint density at radius 3 is 2.48 bits per heavy atom. The third-order valence-corrected chi connectivity index (χ3v) is 4.63. The second-order valence-electron chi connectivity index (χ2n) is 8.30. The molecule has 6 heteroatoms. The van der Waals surface area contributed by atoms with Crippen LogP contribution in [-0.2, 0) is 25.0 Å². The summed E-state index contributed by atoms with van der Waals surface area (Å²) in [6, 6.07) is 17.7. The lowest BCUT2D eigenvalue weighted by Crippen LogP contribution is -2.39. The summed E-state index contributed by atoms with van der Waals surface area (Å²) in [6.07, 6.45) is 0. The van der Waals surface area contributed by atoms with Crippen molar-refractivity contribution in [3.05, 3.63) is 82.9 Å². The van der Waals surface area contributed by atoms with Crippen molar-refractivity contribution in [3.63, 3.8) is 0 Å². The molecule has 0 aliphatic heterocycles. The lowest BCUT2D eigenvalue weighted by Gasteiger charge is -2.23. The molecule has 3 rings (SSSR count). The van der Waals surface area contributed by atoms with E-state index in [0.29, 0.717) is 19.6 Å². The lowest BCUT2D eigenvalue weighted by atomic mass is 9.92. The van der Waals surface area contributed by atoms with Gasteiger partial charge in [0, 0.05) is 17.7 Å². The van der Waals surface area contributed by atoms with E-state index in [0.717, 1.165) is 28.3 Å². The maximum atomic E-state index is 13.0. The predicted octanol–water partition coefficient (Wildman–Crippen LogP) is 4.32. The summed E-state index contributed by atoms with van der Waals surface area (Å²) >= 11 is 0. The van der Waals surface area contributed by atoms with E-state index in [-0.39, 0.29) is 11.4 Å². The number of hydrogen-bond donors (Lipinski definition) is 2. The van der Waals surface area contributed by atoms with E-state index >= 15 is 0 Å². The van der Waals surface area contributed by atoms with Gasteiger partial charge in [-0.2, -0.15) is 5.10 Å². The van der Waals surface area contributed by atoms with Crippen molar-refractivity contribution in [2.75, 3.05) is 0 Å². The van der Waals surface area contributed by atoms with Crippen molar-refractivity contribution in [3.8, 4) is 0 Å². The largest absolute Gasteiger partial charge is 0.332 e. The van der Waals surface area contributed by atoms with Crippen LogP contribution < -0.4 is 5.32 Å². The molecule has 0 atom stereocenters. The van der Waals surface area contributed by atoms with Gasteiger partial charge in [-0.3, -0.25) is 10.1 Å². The van der Waals surface area contributed by atoms with Crippen LogP contribution in [-0.4, -0.2) is 26.1 Å². The topological polar surface area (TPSA) is 73.9 Å². The highest BCUT2D eigenvalue weighted by atomic mass is 16.2. The van der Waals surface area contributed by atoms with Crippen LogP contribution in [0.5, 0.6) is 0 Å². The summed E-state index contributed by atoms with van der Waals surface area (Å²) in [5, 5.41) is 10.4. The van der Waals surface area contributed by atoms with Crippen LogP contribution in [0.2, 0.25) is 0 Å². The van der Waals surface area contributed by atoms with Crippen molar-refractivity contribution in [2.24, 2.45) is 0 Å². The predicted molar refractivity (Wildman–Crippen MR) is 114 cm³/mol. The highest BCUT2D eigenvalue weighted by molar-refractivity contribution is 5.74. The van der Waals surface area contributed by atoms with E-state index in [1.807, 2.05) is 61.5 Å². The van der Waals surface area contributed by atoms with Gasteiger partial charge in [0.1, 0.15) is 0 Å². The number of rotatable bonds is 6. The van der Waals surface area contributed by atoms with Crippen LogP contribution in [0.3, 0.4) is 0 Å². The minimum Gasteiger partial charge on any atom is -0.332 e. The number of nitrogens with zero attached hydrogens (tertiary/aromatic N) is 3. The number of aromatic nitrogens is 3. The molecule has 6 nitrogen and oxygen atoms in total. The number of benzene rings is 1. The van der Waals surface area contributed by atoms with Crippen LogP contribution in [0.15, 0.2) is 54.6 Å². The van der Waals surface area contributed by atoms with Crippen molar-refractivity contribution in [1.29, 1.82) is 0 Å². The molecule has 1 aromatic carbocycles. The molecule has 0 aliphatic carbocycles. The number of carbonyl (C=O) groups is 1.